The van der Waals surface area contributed by atoms with E-state index in [1.54, 1.807) is 0 Å². The lowest BCUT2D eigenvalue weighted by atomic mass is 10.0. The smallest absolute Gasteiger partial charge is 0.353 e. The van der Waals surface area contributed by atoms with E-state index in [1.807, 2.05) is 24.3 Å². The fourth-order valence-corrected chi connectivity index (χ4v) is 2.29. The largest absolute Gasteiger partial charge is 0.477 e. The summed E-state index contributed by atoms with van der Waals surface area (Å²) < 4.78 is 5.62. The summed E-state index contributed by atoms with van der Waals surface area (Å²) in [5, 5.41) is 15.3. The SMILES string of the molecule is O=C(O)c1cc(-c2ccc(C3CCCO3)cc2)n[nH]1. The normalized spacial score (nSPS) is 18.6. The molecule has 0 amide bonds. The van der Waals surface area contributed by atoms with Crippen molar-refractivity contribution >= 4 is 5.97 Å². The van der Waals surface area contributed by atoms with Gasteiger partial charge in [-0.1, -0.05) is 24.3 Å². The third-order valence-corrected chi connectivity index (χ3v) is 3.32. The number of aromatic nitrogens is 2. The van der Waals surface area contributed by atoms with Gasteiger partial charge in [-0.3, -0.25) is 5.10 Å². The number of carbonyl (C=O) groups is 1. The minimum atomic E-state index is -1.00. The third-order valence-electron chi connectivity index (χ3n) is 3.32. The molecule has 1 aliphatic rings. The Morgan fingerprint density at radius 2 is 2.16 bits per heavy atom. The van der Waals surface area contributed by atoms with E-state index in [9.17, 15) is 4.79 Å². The monoisotopic (exact) mass is 258 g/mol. The predicted octanol–water partition coefficient (Wildman–Crippen LogP) is 2.63. The number of ether oxygens (including phenoxy) is 1. The summed E-state index contributed by atoms with van der Waals surface area (Å²) in [6.07, 6.45) is 2.36. The summed E-state index contributed by atoms with van der Waals surface area (Å²) in [6, 6.07) is 9.45. The van der Waals surface area contributed by atoms with E-state index >= 15 is 0 Å². The first-order valence-electron chi connectivity index (χ1n) is 6.24. The van der Waals surface area contributed by atoms with Crippen molar-refractivity contribution in [1.82, 2.24) is 10.2 Å². The van der Waals surface area contributed by atoms with Crippen LogP contribution in [0.15, 0.2) is 30.3 Å². The molecular weight excluding hydrogens is 244 g/mol. The maximum Gasteiger partial charge on any atom is 0.353 e. The number of carboxylic acids is 1. The number of H-pyrrole nitrogens is 1. The second kappa shape index (κ2) is 4.85. The van der Waals surface area contributed by atoms with Crippen molar-refractivity contribution < 1.29 is 14.6 Å². The molecule has 5 nitrogen and oxygen atoms in total. The van der Waals surface area contributed by atoms with Gasteiger partial charge in [0.15, 0.2) is 0 Å². The summed E-state index contributed by atoms with van der Waals surface area (Å²) in [5.41, 5.74) is 2.79. The molecule has 1 saturated heterocycles. The van der Waals surface area contributed by atoms with Crippen molar-refractivity contribution in [1.29, 1.82) is 0 Å². The molecule has 1 unspecified atom stereocenters. The molecule has 1 atom stereocenters. The van der Waals surface area contributed by atoms with Gasteiger partial charge < -0.3 is 9.84 Å². The Hall–Kier alpha value is -2.14. The van der Waals surface area contributed by atoms with Crippen LogP contribution in [0.25, 0.3) is 11.3 Å². The number of carboxylic acid groups (broad SMARTS) is 1. The van der Waals surface area contributed by atoms with Crippen LogP contribution in [0.4, 0.5) is 0 Å². The van der Waals surface area contributed by atoms with Crippen LogP contribution in [0.1, 0.15) is 35.0 Å². The van der Waals surface area contributed by atoms with Gasteiger partial charge in [-0.05, 0) is 24.5 Å². The summed E-state index contributed by atoms with van der Waals surface area (Å²) in [7, 11) is 0. The van der Waals surface area contributed by atoms with Crippen LogP contribution in [0.2, 0.25) is 0 Å². The lowest BCUT2D eigenvalue weighted by molar-refractivity contribution is 0.0690. The predicted molar refractivity (Wildman–Crippen MR) is 68.9 cm³/mol. The highest BCUT2D eigenvalue weighted by Crippen LogP contribution is 2.29. The van der Waals surface area contributed by atoms with Gasteiger partial charge >= 0.3 is 5.97 Å². The number of rotatable bonds is 3. The Labute approximate surface area is 110 Å². The van der Waals surface area contributed by atoms with E-state index in [1.165, 1.54) is 6.07 Å². The molecular formula is C14H14N2O3. The van der Waals surface area contributed by atoms with Gasteiger partial charge in [-0.2, -0.15) is 5.10 Å². The summed E-state index contributed by atoms with van der Waals surface area (Å²) in [4.78, 5) is 10.8. The Morgan fingerprint density at radius 1 is 1.37 bits per heavy atom. The number of nitrogens with one attached hydrogen (secondary N) is 1. The highest BCUT2D eigenvalue weighted by atomic mass is 16.5. The first-order valence-corrected chi connectivity index (χ1v) is 6.24. The number of hydrogen-bond acceptors (Lipinski definition) is 3. The fraction of sp³-hybridized carbons (Fsp3) is 0.286. The number of hydrogen-bond donors (Lipinski definition) is 2. The zero-order valence-corrected chi connectivity index (χ0v) is 10.3. The summed E-state index contributed by atoms with van der Waals surface area (Å²) in [6.45, 7) is 0.827. The van der Waals surface area contributed by atoms with Crippen LogP contribution in [0.5, 0.6) is 0 Å². The number of aromatic carboxylic acids is 1. The van der Waals surface area contributed by atoms with Crippen molar-refractivity contribution in [2.24, 2.45) is 0 Å². The van der Waals surface area contributed by atoms with Gasteiger partial charge in [-0.15, -0.1) is 0 Å². The molecule has 0 saturated carbocycles. The van der Waals surface area contributed by atoms with Crippen LogP contribution >= 0.6 is 0 Å². The third kappa shape index (κ3) is 2.37. The first-order chi connectivity index (χ1) is 9.24. The van der Waals surface area contributed by atoms with Crippen LogP contribution < -0.4 is 0 Å². The van der Waals surface area contributed by atoms with E-state index < -0.39 is 5.97 Å². The molecule has 3 rings (SSSR count). The molecule has 2 aromatic rings. The molecule has 19 heavy (non-hydrogen) atoms. The molecule has 0 bridgehead atoms. The lowest BCUT2D eigenvalue weighted by Crippen LogP contribution is -1.95. The van der Waals surface area contributed by atoms with Crippen molar-refractivity contribution in [2.45, 2.75) is 18.9 Å². The standard InChI is InChI=1S/C14H14N2O3/c17-14(18)12-8-11(15-16-12)9-3-5-10(6-4-9)13-2-1-7-19-13/h3-6,8,13H,1-2,7H2,(H,15,16)(H,17,18). The maximum atomic E-state index is 10.8. The van der Waals surface area contributed by atoms with Crippen molar-refractivity contribution in [3.05, 3.63) is 41.6 Å². The second-order valence-corrected chi connectivity index (χ2v) is 4.60. The highest BCUT2D eigenvalue weighted by Gasteiger charge is 2.17. The van der Waals surface area contributed by atoms with Gasteiger partial charge in [0.05, 0.1) is 11.8 Å². The molecule has 2 heterocycles. The van der Waals surface area contributed by atoms with Crippen molar-refractivity contribution in [3.8, 4) is 11.3 Å². The Morgan fingerprint density at radius 3 is 2.74 bits per heavy atom. The Kier molecular flexibility index (Phi) is 3.05. The molecule has 1 aromatic heterocycles. The molecule has 5 heteroatoms. The first kappa shape index (κ1) is 11.9. The van der Waals surface area contributed by atoms with Crippen LogP contribution in [-0.4, -0.2) is 27.9 Å². The van der Waals surface area contributed by atoms with Gasteiger partial charge in [0.25, 0.3) is 0 Å². The van der Waals surface area contributed by atoms with Crippen LogP contribution in [0.3, 0.4) is 0 Å². The zero-order valence-electron chi connectivity index (χ0n) is 10.3. The van der Waals surface area contributed by atoms with E-state index in [4.69, 9.17) is 9.84 Å². The van der Waals surface area contributed by atoms with E-state index in [0.717, 1.165) is 30.6 Å². The number of aromatic amines is 1. The maximum absolute atomic E-state index is 10.8. The molecule has 0 aliphatic carbocycles. The lowest BCUT2D eigenvalue weighted by Gasteiger charge is -2.09. The molecule has 98 valence electrons. The number of benzene rings is 1. The van der Waals surface area contributed by atoms with E-state index in [-0.39, 0.29) is 11.8 Å². The molecule has 1 aliphatic heterocycles. The topological polar surface area (TPSA) is 75.2 Å². The minimum Gasteiger partial charge on any atom is -0.477 e. The molecule has 2 N–H and O–H groups in total. The Balaban J connectivity index is 1.82. The quantitative estimate of drug-likeness (QED) is 0.887. The summed E-state index contributed by atoms with van der Waals surface area (Å²) >= 11 is 0. The average Bonchev–Trinajstić information content (AvgIpc) is 3.11. The molecule has 0 radical (unpaired) electrons. The molecule has 1 aromatic carbocycles. The zero-order chi connectivity index (χ0) is 13.2. The van der Waals surface area contributed by atoms with E-state index in [0.29, 0.717) is 5.69 Å². The number of nitrogens with zero attached hydrogens (tertiary/aromatic N) is 1. The second-order valence-electron chi connectivity index (χ2n) is 4.60. The van der Waals surface area contributed by atoms with Gasteiger partial charge in [-0.25, -0.2) is 4.79 Å². The van der Waals surface area contributed by atoms with Crippen molar-refractivity contribution in [2.75, 3.05) is 6.61 Å². The Bertz CT molecular complexity index is 583. The van der Waals surface area contributed by atoms with Gasteiger partial charge in [0, 0.05) is 12.2 Å². The van der Waals surface area contributed by atoms with Gasteiger partial charge in [0.2, 0.25) is 0 Å². The molecule has 0 spiro atoms. The van der Waals surface area contributed by atoms with Crippen LogP contribution in [0, 0.1) is 0 Å². The summed E-state index contributed by atoms with van der Waals surface area (Å²) in [5.74, 6) is -1.00. The average molecular weight is 258 g/mol. The highest BCUT2D eigenvalue weighted by molar-refractivity contribution is 5.86. The van der Waals surface area contributed by atoms with E-state index in [2.05, 4.69) is 10.2 Å². The van der Waals surface area contributed by atoms with Crippen molar-refractivity contribution in [3.63, 3.8) is 0 Å². The fourth-order valence-electron chi connectivity index (χ4n) is 2.29. The van der Waals surface area contributed by atoms with Gasteiger partial charge in [0.1, 0.15) is 5.69 Å². The van der Waals surface area contributed by atoms with Crippen LogP contribution in [-0.2, 0) is 4.74 Å². The molecule has 1 fully saturated rings. The minimum absolute atomic E-state index is 0.0956.